The highest BCUT2D eigenvalue weighted by Crippen LogP contribution is 2.32. The second-order valence-corrected chi connectivity index (χ2v) is 4.80. The van der Waals surface area contributed by atoms with Crippen molar-refractivity contribution in [3.63, 3.8) is 0 Å². The predicted molar refractivity (Wildman–Crippen MR) is 61.4 cm³/mol. The number of likely N-dealkylation sites (N-methyl/N-ethyl adjacent to an activating group) is 1. The molecule has 0 radical (unpaired) electrons. The lowest BCUT2D eigenvalue weighted by Gasteiger charge is -2.31. The lowest BCUT2D eigenvalue weighted by molar-refractivity contribution is -0.189. The van der Waals surface area contributed by atoms with Crippen molar-refractivity contribution in [2.24, 2.45) is 0 Å². The second-order valence-electron chi connectivity index (χ2n) is 3.88. The zero-order valence-electron chi connectivity index (χ0n) is 9.03. The molecule has 1 aromatic carbocycles. The number of benzene rings is 1. The topological polar surface area (TPSA) is 12.0 Å². The third kappa shape index (κ3) is 2.98. The van der Waals surface area contributed by atoms with Crippen LogP contribution in [0.2, 0.25) is 0 Å². The summed E-state index contributed by atoms with van der Waals surface area (Å²) in [5.41, 5.74) is -1.24. The maximum Gasteiger partial charge on any atom is 0.406 e. The Bertz CT molecular complexity index is 347. The molecule has 90 valence electrons. The molecule has 0 aromatic heterocycles. The van der Waals surface area contributed by atoms with E-state index in [0.29, 0.717) is 5.56 Å². The molecule has 0 amide bonds. The first kappa shape index (κ1) is 13.5. The Labute approximate surface area is 101 Å². The molecule has 1 atom stereocenters. The van der Waals surface area contributed by atoms with Gasteiger partial charge in [0.05, 0.1) is 0 Å². The molecule has 0 bridgehead atoms. The van der Waals surface area contributed by atoms with Crippen LogP contribution in [0.4, 0.5) is 13.2 Å². The van der Waals surface area contributed by atoms with Gasteiger partial charge in [-0.05, 0) is 38.1 Å². The number of hydrogen-bond donors (Lipinski definition) is 1. The first-order chi connectivity index (χ1) is 7.28. The Balaban J connectivity index is 2.89. The fraction of sp³-hybridized carbons (Fsp3) is 0.455. The van der Waals surface area contributed by atoms with Gasteiger partial charge >= 0.3 is 6.18 Å². The van der Waals surface area contributed by atoms with E-state index in [0.717, 1.165) is 11.4 Å². The zero-order chi connectivity index (χ0) is 12.4. The number of alkyl halides is 3. The molecule has 1 unspecified atom stereocenters. The minimum Gasteiger partial charge on any atom is -0.307 e. The standard InChI is InChI=1S/C11H13BrF3N/c1-10(16-2,11(13,14)15)7-8-3-5-9(12)6-4-8/h3-6,16H,7H2,1-2H3. The van der Waals surface area contributed by atoms with Gasteiger partial charge in [0.2, 0.25) is 0 Å². The van der Waals surface area contributed by atoms with Crippen LogP contribution in [0.15, 0.2) is 28.7 Å². The molecular weight excluding hydrogens is 283 g/mol. The van der Waals surface area contributed by atoms with Gasteiger partial charge in [0.1, 0.15) is 5.54 Å². The van der Waals surface area contributed by atoms with Crippen LogP contribution in [0, 0.1) is 0 Å². The van der Waals surface area contributed by atoms with Crippen molar-refractivity contribution in [3.05, 3.63) is 34.3 Å². The van der Waals surface area contributed by atoms with Gasteiger partial charge in [-0.3, -0.25) is 0 Å². The average molecular weight is 296 g/mol. The Hall–Kier alpha value is -0.550. The molecule has 1 rings (SSSR count). The van der Waals surface area contributed by atoms with E-state index < -0.39 is 11.7 Å². The Morgan fingerprint density at radius 1 is 1.19 bits per heavy atom. The van der Waals surface area contributed by atoms with Crippen LogP contribution in [0.3, 0.4) is 0 Å². The summed E-state index contributed by atoms with van der Waals surface area (Å²) in [4.78, 5) is 0. The third-order valence-corrected chi connectivity index (χ3v) is 3.18. The van der Waals surface area contributed by atoms with E-state index in [1.807, 2.05) is 0 Å². The summed E-state index contributed by atoms with van der Waals surface area (Å²) in [6.45, 7) is 1.16. The van der Waals surface area contributed by atoms with E-state index in [4.69, 9.17) is 0 Å². The van der Waals surface area contributed by atoms with E-state index in [-0.39, 0.29) is 6.42 Å². The molecule has 0 saturated heterocycles. The van der Waals surface area contributed by atoms with Gasteiger partial charge in [0.25, 0.3) is 0 Å². The van der Waals surface area contributed by atoms with Crippen molar-refractivity contribution < 1.29 is 13.2 Å². The van der Waals surface area contributed by atoms with Gasteiger partial charge in [0, 0.05) is 4.47 Å². The van der Waals surface area contributed by atoms with E-state index in [1.54, 1.807) is 24.3 Å². The quantitative estimate of drug-likeness (QED) is 0.899. The molecule has 0 spiro atoms. The van der Waals surface area contributed by atoms with Gasteiger partial charge in [0.15, 0.2) is 0 Å². The average Bonchev–Trinajstić information content (AvgIpc) is 2.19. The monoisotopic (exact) mass is 295 g/mol. The Morgan fingerprint density at radius 3 is 2.06 bits per heavy atom. The smallest absolute Gasteiger partial charge is 0.307 e. The van der Waals surface area contributed by atoms with Crippen molar-refractivity contribution in [3.8, 4) is 0 Å². The normalized spacial score (nSPS) is 15.9. The Kier molecular flexibility index (Phi) is 4.02. The molecule has 1 aromatic rings. The maximum atomic E-state index is 12.8. The highest BCUT2D eigenvalue weighted by atomic mass is 79.9. The van der Waals surface area contributed by atoms with E-state index in [2.05, 4.69) is 21.2 Å². The predicted octanol–water partition coefficient (Wildman–Crippen LogP) is 3.53. The van der Waals surface area contributed by atoms with Crippen LogP contribution in [-0.4, -0.2) is 18.8 Å². The van der Waals surface area contributed by atoms with Gasteiger partial charge in [-0.1, -0.05) is 28.1 Å². The summed E-state index contributed by atoms with van der Waals surface area (Å²) in [6, 6.07) is 6.85. The molecule has 0 heterocycles. The molecule has 1 nitrogen and oxygen atoms in total. The molecule has 16 heavy (non-hydrogen) atoms. The highest BCUT2D eigenvalue weighted by molar-refractivity contribution is 9.10. The van der Waals surface area contributed by atoms with Crippen molar-refractivity contribution in [2.45, 2.75) is 25.1 Å². The molecular formula is C11H13BrF3N. The van der Waals surface area contributed by atoms with Crippen LogP contribution in [0.25, 0.3) is 0 Å². The first-order valence-electron chi connectivity index (χ1n) is 4.78. The summed E-state index contributed by atoms with van der Waals surface area (Å²) < 4.78 is 39.2. The summed E-state index contributed by atoms with van der Waals surface area (Å²) in [6.07, 6.45) is -4.35. The van der Waals surface area contributed by atoms with Crippen LogP contribution in [-0.2, 0) is 6.42 Å². The molecule has 0 fully saturated rings. The number of rotatable bonds is 3. The van der Waals surface area contributed by atoms with Crippen molar-refractivity contribution in [1.82, 2.24) is 5.32 Å². The Morgan fingerprint density at radius 2 is 1.69 bits per heavy atom. The van der Waals surface area contributed by atoms with Crippen LogP contribution in [0.5, 0.6) is 0 Å². The molecule has 5 heteroatoms. The maximum absolute atomic E-state index is 12.8. The summed E-state index contributed by atoms with van der Waals surface area (Å²) >= 11 is 3.24. The van der Waals surface area contributed by atoms with Crippen LogP contribution in [0.1, 0.15) is 12.5 Å². The van der Waals surface area contributed by atoms with Gasteiger partial charge in [-0.2, -0.15) is 13.2 Å². The summed E-state index contributed by atoms with van der Waals surface area (Å²) in [5.74, 6) is 0. The van der Waals surface area contributed by atoms with Crippen LogP contribution < -0.4 is 5.32 Å². The largest absolute Gasteiger partial charge is 0.406 e. The zero-order valence-corrected chi connectivity index (χ0v) is 10.6. The molecule has 0 aliphatic heterocycles. The summed E-state index contributed by atoms with van der Waals surface area (Å²) in [7, 11) is 1.33. The molecule has 0 aliphatic rings. The highest BCUT2D eigenvalue weighted by Gasteiger charge is 2.49. The fourth-order valence-corrected chi connectivity index (χ4v) is 1.61. The second kappa shape index (κ2) is 4.75. The number of nitrogens with one attached hydrogen (secondary N) is 1. The van der Waals surface area contributed by atoms with Crippen molar-refractivity contribution in [2.75, 3.05) is 7.05 Å². The summed E-state index contributed by atoms with van der Waals surface area (Å²) in [5, 5.41) is 2.34. The third-order valence-electron chi connectivity index (χ3n) is 2.65. The minimum atomic E-state index is -4.27. The number of hydrogen-bond acceptors (Lipinski definition) is 1. The van der Waals surface area contributed by atoms with Crippen LogP contribution >= 0.6 is 15.9 Å². The van der Waals surface area contributed by atoms with E-state index in [9.17, 15) is 13.2 Å². The lowest BCUT2D eigenvalue weighted by Crippen LogP contribution is -2.54. The van der Waals surface area contributed by atoms with E-state index in [1.165, 1.54) is 7.05 Å². The van der Waals surface area contributed by atoms with Crippen molar-refractivity contribution >= 4 is 15.9 Å². The van der Waals surface area contributed by atoms with Crippen molar-refractivity contribution in [1.29, 1.82) is 0 Å². The minimum absolute atomic E-state index is 0.0831. The lowest BCUT2D eigenvalue weighted by atomic mass is 9.92. The SMILES string of the molecule is CNC(C)(Cc1ccc(Br)cc1)C(F)(F)F. The van der Waals surface area contributed by atoms with E-state index >= 15 is 0 Å². The van der Waals surface area contributed by atoms with Gasteiger partial charge < -0.3 is 5.32 Å². The fourth-order valence-electron chi connectivity index (χ4n) is 1.34. The number of halogens is 4. The molecule has 0 saturated carbocycles. The molecule has 0 aliphatic carbocycles. The first-order valence-corrected chi connectivity index (χ1v) is 5.58. The van der Waals surface area contributed by atoms with Gasteiger partial charge in [-0.25, -0.2) is 0 Å². The van der Waals surface area contributed by atoms with Gasteiger partial charge in [-0.15, -0.1) is 0 Å². The molecule has 1 N–H and O–H groups in total.